The second-order valence-electron chi connectivity index (χ2n) is 6.29. The monoisotopic (exact) mass is 396 g/mol. The van der Waals surface area contributed by atoms with Crippen molar-refractivity contribution in [2.24, 2.45) is 0 Å². The lowest BCUT2D eigenvalue weighted by Crippen LogP contribution is -2.17. The zero-order valence-electron chi connectivity index (χ0n) is 15.0. The smallest absolute Gasteiger partial charge is 0.274 e. The molecule has 0 aliphatic heterocycles. The molecule has 0 spiro atoms. The van der Waals surface area contributed by atoms with Crippen molar-refractivity contribution in [3.8, 4) is 0 Å². The number of nitrogens with one attached hydrogen (secondary N) is 1. The standard InChI is InChI=1S/C20H20N4OS2/c1-2-6-18-22-23-20(27-18)21-19(25)16-13-17-15(10-12-26-17)24(16)11-9-14-7-4-3-5-8-14/h3-5,7-8,10,12-13H,2,6,9,11H2,1H3,(H,21,23,25). The summed E-state index contributed by atoms with van der Waals surface area (Å²) in [6, 6.07) is 14.4. The zero-order valence-corrected chi connectivity index (χ0v) is 16.6. The quantitative estimate of drug-likeness (QED) is 0.478. The van der Waals surface area contributed by atoms with Crippen LogP contribution in [0.15, 0.2) is 47.8 Å². The molecule has 0 fully saturated rings. The molecule has 0 unspecified atom stereocenters. The van der Waals surface area contributed by atoms with Gasteiger partial charge in [0.2, 0.25) is 5.13 Å². The van der Waals surface area contributed by atoms with Crippen LogP contribution in [0, 0.1) is 0 Å². The SMILES string of the molecule is CCCc1nnc(NC(=O)c2cc3sccc3n2CCc2ccccc2)s1. The lowest BCUT2D eigenvalue weighted by molar-refractivity contribution is 0.101. The van der Waals surface area contributed by atoms with E-state index in [9.17, 15) is 4.79 Å². The zero-order chi connectivity index (χ0) is 18.6. The molecule has 0 aliphatic carbocycles. The fraction of sp³-hybridized carbons (Fsp3) is 0.250. The summed E-state index contributed by atoms with van der Waals surface area (Å²) in [7, 11) is 0. The van der Waals surface area contributed by atoms with E-state index in [0.717, 1.165) is 41.0 Å². The number of aromatic nitrogens is 3. The van der Waals surface area contributed by atoms with Crippen LogP contribution >= 0.6 is 22.7 Å². The maximum Gasteiger partial charge on any atom is 0.274 e. The van der Waals surface area contributed by atoms with Crippen molar-refractivity contribution in [3.63, 3.8) is 0 Å². The normalized spacial score (nSPS) is 11.1. The molecule has 3 aromatic heterocycles. The fourth-order valence-electron chi connectivity index (χ4n) is 3.07. The van der Waals surface area contributed by atoms with Crippen molar-refractivity contribution in [1.29, 1.82) is 0 Å². The Hall–Kier alpha value is -2.51. The van der Waals surface area contributed by atoms with Crippen LogP contribution < -0.4 is 5.32 Å². The number of anilines is 1. The minimum Gasteiger partial charge on any atom is -0.335 e. The van der Waals surface area contributed by atoms with Gasteiger partial charge < -0.3 is 4.57 Å². The molecule has 138 valence electrons. The van der Waals surface area contributed by atoms with Gasteiger partial charge in [-0.1, -0.05) is 48.6 Å². The van der Waals surface area contributed by atoms with Crippen LogP contribution in [0.5, 0.6) is 0 Å². The number of rotatable bonds is 7. The summed E-state index contributed by atoms with van der Waals surface area (Å²) in [6.07, 6.45) is 2.78. The van der Waals surface area contributed by atoms with Crippen LogP contribution in [-0.4, -0.2) is 20.7 Å². The Balaban J connectivity index is 1.56. The predicted molar refractivity (Wildman–Crippen MR) is 112 cm³/mol. The Morgan fingerprint density at radius 3 is 2.81 bits per heavy atom. The number of benzene rings is 1. The summed E-state index contributed by atoms with van der Waals surface area (Å²) >= 11 is 3.10. The van der Waals surface area contributed by atoms with E-state index in [4.69, 9.17) is 0 Å². The first-order valence-electron chi connectivity index (χ1n) is 8.99. The molecular formula is C20H20N4OS2. The third-order valence-corrected chi connectivity index (χ3v) is 6.13. The molecule has 0 bridgehead atoms. The fourth-order valence-corrected chi connectivity index (χ4v) is 4.73. The van der Waals surface area contributed by atoms with E-state index in [1.54, 1.807) is 11.3 Å². The van der Waals surface area contributed by atoms with Crippen molar-refractivity contribution in [2.75, 3.05) is 5.32 Å². The molecule has 4 aromatic rings. The minimum atomic E-state index is -0.134. The molecule has 0 aliphatic rings. The summed E-state index contributed by atoms with van der Waals surface area (Å²) in [5.74, 6) is -0.134. The molecule has 3 heterocycles. The third kappa shape index (κ3) is 3.94. The highest BCUT2D eigenvalue weighted by Crippen LogP contribution is 2.27. The molecule has 0 radical (unpaired) electrons. The largest absolute Gasteiger partial charge is 0.335 e. The number of thiophene rings is 1. The molecular weight excluding hydrogens is 376 g/mol. The van der Waals surface area contributed by atoms with Gasteiger partial charge in [-0.05, 0) is 35.9 Å². The maximum absolute atomic E-state index is 12.9. The van der Waals surface area contributed by atoms with E-state index >= 15 is 0 Å². The number of fused-ring (bicyclic) bond motifs is 1. The molecule has 0 atom stereocenters. The maximum atomic E-state index is 12.9. The number of hydrogen-bond donors (Lipinski definition) is 1. The Kier molecular flexibility index (Phi) is 5.31. The summed E-state index contributed by atoms with van der Waals surface area (Å²) in [6.45, 7) is 2.86. The van der Waals surface area contributed by atoms with Crippen molar-refractivity contribution in [3.05, 3.63) is 64.1 Å². The number of hydrogen-bond acceptors (Lipinski definition) is 5. The Bertz CT molecular complexity index is 1050. The lowest BCUT2D eigenvalue weighted by Gasteiger charge is -2.10. The summed E-state index contributed by atoms with van der Waals surface area (Å²) in [4.78, 5) is 12.9. The first-order chi connectivity index (χ1) is 13.2. The van der Waals surface area contributed by atoms with Crippen molar-refractivity contribution >= 4 is 43.9 Å². The number of aryl methyl sites for hydroxylation is 3. The number of carbonyl (C=O) groups excluding carboxylic acids is 1. The van der Waals surface area contributed by atoms with E-state index in [-0.39, 0.29) is 5.91 Å². The van der Waals surface area contributed by atoms with Gasteiger partial charge in [-0.2, -0.15) is 0 Å². The molecule has 1 amide bonds. The van der Waals surface area contributed by atoms with Gasteiger partial charge >= 0.3 is 0 Å². The van der Waals surface area contributed by atoms with E-state index < -0.39 is 0 Å². The number of carbonyl (C=O) groups is 1. The molecule has 1 N–H and O–H groups in total. The summed E-state index contributed by atoms with van der Waals surface area (Å²) in [5.41, 5.74) is 3.03. The average Bonchev–Trinajstić information content (AvgIpc) is 3.38. The van der Waals surface area contributed by atoms with Gasteiger partial charge in [-0.15, -0.1) is 21.5 Å². The highest BCUT2D eigenvalue weighted by Gasteiger charge is 2.18. The molecule has 7 heteroatoms. The van der Waals surface area contributed by atoms with E-state index in [1.807, 2.05) is 24.3 Å². The van der Waals surface area contributed by atoms with Gasteiger partial charge in [-0.3, -0.25) is 10.1 Å². The van der Waals surface area contributed by atoms with Gasteiger partial charge in [0, 0.05) is 13.0 Å². The first-order valence-corrected chi connectivity index (χ1v) is 10.7. The topological polar surface area (TPSA) is 59.8 Å². The Morgan fingerprint density at radius 1 is 1.15 bits per heavy atom. The molecule has 0 saturated carbocycles. The summed E-state index contributed by atoms with van der Waals surface area (Å²) in [5, 5.41) is 14.7. The molecule has 1 aromatic carbocycles. The number of amides is 1. The van der Waals surface area contributed by atoms with Crippen LogP contribution in [-0.2, 0) is 19.4 Å². The Labute approximate surface area is 165 Å². The van der Waals surface area contributed by atoms with Gasteiger partial charge in [0.05, 0.1) is 10.2 Å². The second kappa shape index (κ2) is 8.02. The van der Waals surface area contributed by atoms with Crippen LogP contribution in [0.4, 0.5) is 5.13 Å². The van der Waals surface area contributed by atoms with E-state index in [1.165, 1.54) is 16.9 Å². The second-order valence-corrected chi connectivity index (χ2v) is 8.30. The Morgan fingerprint density at radius 2 is 2.00 bits per heavy atom. The highest BCUT2D eigenvalue weighted by molar-refractivity contribution is 7.17. The predicted octanol–water partition coefficient (Wildman–Crippen LogP) is 5.00. The van der Waals surface area contributed by atoms with Gasteiger partial charge in [-0.25, -0.2) is 0 Å². The molecule has 5 nitrogen and oxygen atoms in total. The molecule has 27 heavy (non-hydrogen) atoms. The highest BCUT2D eigenvalue weighted by atomic mass is 32.1. The van der Waals surface area contributed by atoms with Crippen molar-refractivity contribution in [2.45, 2.75) is 32.7 Å². The average molecular weight is 397 g/mol. The van der Waals surface area contributed by atoms with Crippen LogP contribution in [0.1, 0.15) is 34.4 Å². The first kappa shape index (κ1) is 17.9. The third-order valence-electron chi connectivity index (χ3n) is 4.37. The number of nitrogens with zero attached hydrogens (tertiary/aromatic N) is 3. The summed E-state index contributed by atoms with van der Waals surface area (Å²) < 4.78 is 3.22. The van der Waals surface area contributed by atoms with E-state index in [2.05, 4.69) is 50.6 Å². The van der Waals surface area contributed by atoms with Gasteiger partial charge in [0.1, 0.15) is 10.7 Å². The van der Waals surface area contributed by atoms with Crippen LogP contribution in [0.25, 0.3) is 10.2 Å². The van der Waals surface area contributed by atoms with Crippen molar-refractivity contribution < 1.29 is 4.79 Å². The molecule has 0 saturated heterocycles. The van der Waals surface area contributed by atoms with E-state index in [0.29, 0.717) is 10.8 Å². The van der Waals surface area contributed by atoms with Gasteiger partial charge in [0.25, 0.3) is 5.91 Å². The van der Waals surface area contributed by atoms with Crippen LogP contribution in [0.3, 0.4) is 0 Å². The van der Waals surface area contributed by atoms with Crippen molar-refractivity contribution in [1.82, 2.24) is 14.8 Å². The van der Waals surface area contributed by atoms with Gasteiger partial charge in [0.15, 0.2) is 0 Å². The minimum absolute atomic E-state index is 0.134. The molecule has 4 rings (SSSR count). The van der Waals surface area contributed by atoms with Crippen LogP contribution in [0.2, 0.25) is 0 Å². The lowest BCUT2D eigenvalue weighted by atomic mass is 10.1.